The lowest BCUT2D eigenvalue weighted by molar-refractivity contribution is 0.444. The topological polar surface area (TPSA) is 51.2 Å². The molecule has 0 radical (unpaired) electrons. The van der Waals surface area contributed by atoms with Crippen molar-refractivity contribution in [3.05, 3.63) is 23.2 Å². The Hall–Kier alpha value is -0.800. The highest BCUT2D eigenvalue weighted by atomic mass is 16.3. The number of furan rings is 1. The zero-order valence-corrected chi connectivity index (χ0v) is 6.39. The molecule has 0 spiro atoms. The van der Waals surface area contributed by atoms with Gasteiger partial charge in [-0.3, -0.25) is 0 Å². The van der Waals surface area contributed by atoms with E-state index in [1.165, 1.54) is 5.56 Å². The Labute approximate surface area is 65.6 Å². The van der Waals surface area contributed by atoms with Gasteiger partial charge in [-0.2, -0.15) is 0 Å². The molecule has 1 aromatic heterocycles. The fourth-order valence-corrected chi connectivity index (χ4v) is 1.41. The lowest BCUT2D eigenvalue weighted by Crippen LogP contribution is -2.22. The number of rotatable bonds is 1. The second-order valence-corrected chi connectivity index (χ2v) is 2.79. The standard InChI is InChI=1S/C8H12N2O/c9-4-7-3-6-5-10-2-1-8(6)11-7/h3,10H,1-2,4-5,9H2. The molecule has 1 aliphatic heterocycles. The third-order valence-electron chi connectivity index (χ3n) is 1.99. The van der Waals surface area contributed by atoms with E-state index in [1.54, 1.807) is 0 Å². The molecule has 3 nitrogen and oxygen atoms in total. The zero-order chi connectivity index (χ0) is 7.68. The van der Waals surface area contributed by atoms with Crippen molar-refractivity contribution in [3.8, 4) is 0 Å². The van der Waals surface area contributed by atoms with Crippen LogP contribution in [0.1, 0.15) is 17.1 Å². The van der Waals surface area contributed by atoms with Crippen LogP contribution in [0.25, 0.3) is 0 Å². The van der Waals surface area contributed by atoms with E-state index in [-0.39, 0.29) is 0 Å². The Kier molecular flexibility index (Phi) is 1.68. The molecule has 1 aliphatic rings. The molecule has 0 saturated carbocycles. The van der Waals surface area contributed by atoms with Gasteiger partial charge in [0, 0.05) is 25.1 Å². The summed E-state index contributed by atoms with van der Waals surface area (Å²) in [5.41, 5.74) is 6.72. The maximum absolute atomic E-state index is 5.49. The van der Waals surface area contributed by atoms with Gasteiger partial charge in [-0.25, -0.2) is 0 Å². The van der Waals surface area contributed by atoms with Crippen molar-refractivity contribution in [2.75, 3.05) is 6.54 Å². The summed E-state index contributed by atoms with van der Waals surface area (Å²) >= 11 is 0. The average Bonchev–Trinajstić information content (AvgIpc) is 2.46. The quantitative estimate of drug-likeness (QED) is 0.611. The maximum atomic E-state index is 5.49. The van der Waals surface area contributed by atoms with Crippen molar-refractivity contribution in [1.29, 1.82) is 0 Å². The molecule has 0 saturated heterocycles. The normalized spacial score (nSPS) is 16.5. The van der Waals surface area contributed by atoms with Crippen molar-refractivity contribution in [2.45, 2.75) is 19.5 Å². The molecule has 1 aromatic rings. The summed E-state index contributed by atoms with van der Waals surface area (Å²) in [4.78, 5) is 0. The lowest BCUT2D eigenvalue weighted by atomic mass is 10.1. The summed E-state index contributed by atoms with van der Waals surface area (Å²) in [6, 6.07) is 2.04. The maximum Gasteiger partial charge on any atom is 0.118 e. The minimum atomic E-state index is 0.507. The largest absolute Gasteiger partial charge is 0.464 e. The number of nitrogens with two attached hydrogens (primary N) is 1. The van der Waals surface area contributed by atoms with E-state index < -0.39 is 0 Å². The first-order valence-corrected chi connectivity index (χ1v) is 3.91. The molecule has 3 N–H and O–H groups in total. The molecule has 0 unspecified atom stereocenters. The highest BCUT2D eigenvalue weighted by Crippen LogP contribution is 2.18. The Morgan fingerprint density at radius 2 is 2.55 bits per heavy atom. The predicted octanol–water partition coefficient (Wildman–Crippen LogP) is 0.384. The van der Waals surface area contributed by atoms with E-state index >= 15 is 0 Å². The van der Waals surface area contributed by atoms with E-state index in [2.05, 4.69) is 5.32 Å². The Morgan fingerprint density at radius 1 is 1.64 bits per heavy atom. The van der Waals surface area contributed by atoms with E-state index in [0.717, 1.165) is 31.0 Å². The van der Waals surface area contributed by atoms with Gasteiger partial charge in [0.15, 0.2) is 0 Å². The first-order chi connectivity index (χ1) is 5.40. The molecular weight excluding hydrogens is 140 g/mol. The summed E-state index contributed by atoms with van der Waals surface area (Å²) in [6.45, 7) is 2.45. The molecule has 0 amide bonds. The first kappa shape index (κ1) is 6.88. The Bertz CT molecular complexity index is 231. The van der Waals surface area contributed by atoms with Crippen LogP contribution in [0.4, 0.5) is 0 Å². The van der Waals surface area contributed by atoms with Crippen molar-refractivity contribution < 1.29 is 4.42 Å². The van der Waals surface area contributed by atoms with Gasteiger partial charge in [-0.1, -0.05) is 0 Å². The van der Waals surface area contributed by atoms with Crippen LogP contribution in [-0.4, -0.2) is 6.54 Å². The van der Waals surface area contributed by atoms with E-state index in [9.17, 15) is 0 Å². The third kappa shape index (κ3) is 1.17. The summed E-state index contributed by atoms with van der Waals surface area (Å²) in [6.07, 6.45) is 0.995. The second kappa shape index (κ2) is 2.68. The predicted molar refractivity (Wildman–Crippen MR) is 42.0 cm³/mol. The number of nitrogens with one attached hydrogen (secondary N) is 1. The van der Waals surface area contributed by atoms with E-state index in [0.29, 0.717) is 6.54 Å². The van der Waals surface area contributed by atoms with Gasteiger partial charge < -0.3 is 15.5 Å². The minimum Gasteiger partial charge on any atom is -0.464 e. The van der Waals surface area contributed by atoms with Crippen molar-refractivity contribution in [1.82, 2.24) is 5.32 Å². The Morgan fingerprint density at radius 3 is 3.27 bits per heavy atom. The SMILES string of the molecule is NCc1cc2c(o1)CCNC2. The van der Waals surface area contributed by atoms with E-state index in [1.807, 2.05) is 6.07 Å². The van der Waals surface area contributed by atoms with Crippen LogP contribution >= 0.6 is 0 Å². The zero-order valence-electron chi connectivity index (χ0n) is 6.39. The molecule has 60 valence electrons. The smallest absolute Gasteiger partial charge is 0.118 e. The Balaban J connectivity index is 2.32. The highest BCUT2D eigenvalue weighted by molar-refractivity contribution is 5.23. The number of fused-ring (bicyclic) bond motifs is 1. The highest BCUT2D eigenvalue weighted by Gasteiger charge is 2.13. The minimum absolute atomic E-state index is 0.507. The third-order valence-corrected chi connectivity index (χ3v) is 1.99. The first-order valence-electron chi connectivity index (χ1n) is 3.91. The molecule has 2 rings (SSSR count). The fourth-order valence-electron chi connectivity index (χ4n) is 1.41. The molecule has 0 fully saturated rings. The van der Waals surface area contributed by atoms with Crippen LogP contribution in [0.15, 0.2) is 10.5 Å². The molecule has 3 heteroatoms. The van der Waals surface area contributed by atoms with Gasteiger partial charge in [-0.15, -0.1) is 0 Å². The molecule has 2 heterocycles. The fraction of sp³-hybridized carbons (Fsp3) is 0.500. The second-order valence-electron chi connectivity index (χ2n) is 2.79. The van der Waals surface area contributed by atoms with Gasteiger partial charge in [0.2, 0.25) is 0 Å². The lowest BCUT2D eigenvalue weighted by Gasteiger charge is -2.09. The summed E-state index contributed by atoms with van der Waals surface area (Å²) in [7, 11) is 0. The van der Waals surface area contributed by atoms with Crippen LogP contribution in [0.2, 0.25) is 0 Å². The molecular formula is C8H12N2O. The van der Waals surface area contributed by atoms with Crippen LogP contribution in [-0.2, 0) is 19.5 Å². The monoisotopic (exact) mass is 152 g/mol. The number of hydrogen-bond acceptors (Lipinski definition) is 3. The average molecular weight is 152 g/mol. The summed E-state index contributed by atoms with van der Waals surface area (Å²) in [5, 5.41) is 3.28. The van der Waals surface area contributed by atoms with Crippen molar-refractivity contribution >= 4 is 0 Å². The van der Waals surface area contributed by atoms with Crippen LogP contribution in [0, 0.1) is 0 Å². The molecule has 11 heavy (non-hydrogen) atoms. The van der Waals surface area contributed by atoms with Gasteiger partial charge in [0.1, 0.15) is 11.5 Å². The van der Waals surface area contributed by atoms with Gasteiger partial charge >= 0.3 is 0 Å². The van der Waals surface area contributed by atoms with Crippen molar-refractivity contribution in [3.63, 3.8) is 0 Å². The van der Waals surface area contributed by atoms with Gasteiger partial charge in [0.05, 0.1) is 6.54 Å². The molecule has 0 aliphatic carbocycles. The van der Waals surface area contributed by atoms with Crippen LogP contribution in [0.5, 0.6) is 0 Å². The van der Waals surface area contributed by atoms with E-state index in [4.69, 9.17) is 10.2 Å². The van der Waals surface area contributed by atoms with Gasteiger partial charge in [-0.05, 0) is 6.07 Å². The summed E-state index contributed by atoms with van der Waals surface area (Å²) in [5.74, 6) is 2.02. The van der Waals surface area contributed by atoms with Crippen molar-refractivity contribution in [2.24, 2.45) is 5.73 Å². The molecule has 0 bridgehead atoms. The number of hydrogen-bond donors (Lipinski definition) is 2. The van der Waals surface area contributed by atoms with Gasteiger partial charge in [0.25, 0.3) is 0 Å². The van der Waals surface area contributed by atoms with Crippen LogP contribution < -0.4 is 11.1 Å². The molecule has 0 atom stereocenters. The van der Waals surface area contributed by atoms with Crippen LogP contribution in [0.3, 0.4) is 0 Å². The summed E-state index contributed by atoms with van der Waals surface area (Å²) < 4.78 is 5.49. The molecule has 0 aromatic carbocycles.